The minimum Gasteiger partial charge on any atom is -0.423 e. The Morgan fingerprint density at radius 2 is 1.79 bits per heavy atom. The molecule has 1 N–H and O–H groups in total. The number of sulfonamides is 1. The summed E-state index contributed by atoms with van der Waals surface area (Å²) in [7, 11) is -4.35. The van der Waals surface area contributed by atoms with Crippen molar-refractivity contribution in [3.63, 3.8) is 0 Å². The molecule has 3 aromatic rings. The van der Waals surface area contributed by atoms with E-state index < -0.39 is 21.9 Å². The minimum absolute atomic E-state index is 0. The van der Waals surface area contributed by atoms with Gasteiger partial charge in [0.2, 0.25) is 10.0 Å². The van der Waals surface area contributed by atoms with Crippen LogP contribution in [0.25, 0.3) is 15.8 Å². The molecule has 0 saturated heterocycles. The van der Waals surface area contributed by atoms with Gasteiger partial charge in [0.15, 0.2) is 11.1 Å². The molecule has 8 nitrogen and oxygen atoms in total. The van der Waals surface area contributed by atoms with Gasteiger partial charge in [-0.05, 0) is 72.5 Å². The van der Waals surface area contributed by atoms with Crippen molar-refractivity contribution < 1.29 is 47.2 Å². The molecule has 3 rings (SSSR count). The average Bonchev–Trinajstić information content (AvgIpc) is 3.26. The number of nitriles is 1. The van der Waals surface area contributed by atoms with Crippen LogP contribution in [-0.2, 0) is 10.0 Å². The first-order valence-corrected chi connectivity index (χ1v) is 11.6. The maximum absolute atomic E-state index is 14.4. The van der Waals surface area contributed by atoms with E-state index in [0.717, 1.165) is 0 Å². The molecule has 0 radical (unpaired) electrons. The van der Waals surface area contributed by atoms with Gasteiger partial charge in [0.05, 0.1) is 11.6 Å². The van der Waals surface area contributed by atoms with Crippen molar-refractivity contribution in [2.75, 3.05) is 5.32 Å². The summed E-state index contributed by atoms with van der Waals surface area (Å²) in [5, 5.41) is 15.2. The summed E-state index contributed by atoms with van der Waals surface area (Å²) < 4.78 is 44.3. The second kappa shape index (κ2) is 11.1. The molecular weight excluding hydrogens is 468 g/mol. The van der Waals surface area contributed by atoms with Crippen LogP contribution in [0.3, 0.4) is 0 Å². The topological polar surface area (TPSA) is 119 Å². The van der Waals surface area contributed by atoms with Crippen LogP contribution in [0.2, 0.25) is 0 Å². The number of urea groups is 1. The van der Waals surface area contributed by atoms with Crippen molar-refractivity contribution in [3.05, 3.63) is 70.3 Å². The van der Waals surface area contributed by atoms with E-state index in [4.69, 9.17) is 5.26 Å². The van der Waals surface area contributed by atoms with Gasteiger partial charge in [-0.2, -0.15) is 10.4 Å². The van der Waals surface area contributed by atoms with Crippen molar-refractivity contribution >= 4 is 21.7 Å². The number of benzene rings is 2. The van der Waals surface area contributed by atoms with Crippen LogP contribution < -0.4 is 34.9 Å². The molecule has 172 valence electrons. The van der Waals surface area contributed by atoms with Gasteiger partial charge in [0.1, 0.15) is 5.82 Å². The van der Waals surface area contributed by atoms with Crippen LogP contribution in [0.5, 0.6) is 0 Å². The summed E-state index contributed by atoms with van der Waals surface area (Å²) in [6, 6.07) is 11.0. The predicted molar refractivity (Wildman–Crippen MR) is 123 cm³/mol. The van der Waals surface area contributed by atoms with Crippen LogP contribution in [-0.4, -0.2) is 24.2 Å². The Kier molecular flexibility index (Phi) is 9.02. The fourth-order valence-electron chi connectivity index (χ4n) is 3.21. The van der Waals surface area contributed by atoms with Gasteiger partial charge < -0.3 is 10.0 Å². The number of carbonyl (C=O) groups is 1. The van der Waals surface area contributed by atoms with E-state index in [1.165, 1.54) is 29.1 Å². The van der Waals surface area contributed by atoms with Crippen LogP contribution in [0, 0.1) is 17.1 Å². The normalized spacial score (nSPS) is 11.1. The number of anilines is 1. The minimum atomic E-state index is -4.35. The van der Waals surface area contributed by atoms with E-state index in [2.05, 4.69) is 15.1 Å². The Labute approximate surface area is 220 Å². The number of hydrogen-bond acceptors (Lipinski definition) is 5. The predicted octanol–water partition coefficient (Wildman–Crippen LogP) is 2.56. The Balaban J connectivity index is 0.00000408. The molecular formula is C23H23FN5NaO3S. The van der Waals surface area contributed by atoms with Gasteiger partial charge in [-0.25, -0.2) is 12.8 Å². The number of amides is 2. The molecule has 11 heteroatoms. The third-order valence-corrected chi connectivity index (χ3v) is 6.05. The number of rotatable bonds is 6. The first-order valence-electron chi connectivity index (χ1n) is 10.2. The smallest absolute Gasteiger partial charge is 0.423 e. The third-order valence-electron chi connectivity index (χ3n) is 4.89. The first kappa shape index (κ1) is 27.5. The van der Waals surface area contributed by atoms with Crippen molar-refractivity contribution in [2.24, 2.45) is 0 Å². The number of carbonyl (C=O) groups excluding carboxylic acids is 1. The first-order chi connectivity index (χ1) is 15.5. The van der Waals surface area contributed by atoms with Crippen LogP contribution in [0.15, 0.2) is 53.7 Å². The summed E-state index contributed by atoms with van der Waals surface area (Å²) >= 11 is 0. The number of aromatic nitrogens is 2. The summed E-state index contributed by atoms with van der Waals surface area (Å²) in [6.45, 7) is 7.30. The average molecular weight is 492 g/mol. The zero-order valence-corrected chi connectivity index (χ0v) is 22.4. The zero-order valence-electron chi connectivity index (χ0n) is 19.6. The summed E-state index contributed by atoms with van der Waals surface area (Å²) in [4.78, 5) is 12.7. The molecule has 34 heavy (non-hydrogen) atoms. The zero-order chi connectivity index (χ0) is 24.3. The van der Waals surface area contributed by atoms with E-state index >= 15 is 0 Å². The molecule has 0 atom stereocenters. The maximum atomic E-state index is 14.4. The SMILES string of the molecule is CC(C)c1cc(F)cc(-c2ccc(C#N)cc2)c1NC(=O)[N-]S(=O)(=O)c1ccn(C(C)C)n1.[Na+]. The Morgan fingerprint density at radius 3 is 2.32 bits per heavy atom. The molecule has 1 heterocycles. The number of hydrogen-bond donors (Lipinski definition) is 1. The molecule has 0 aliphatic carbocycles. The van der Waals surface area contributed by atoms with Crippen molar-refractivity contribution in [1.82, 2.24) is 9.78 Å². The van der Waals surface area contributed by atoms with E-state index in [-0.39, 0.29) is 52.2 Å². The fraction of sp³-hybridized carbons (Fsp3) is 0.261. The van der Waals surface area contributed by atoms with Crippen LogP contribution >= 0.6 is 0 Å². The van der Waals surface area contributed by atoms with E-state index in [9.17, 15) is 17.6 Å². The standard InChI is InChI=1S/C23H24FN5O3S.Na/c1-14(2)19-11-18(24)12-20(17-7-5-16(13-25)6-8-17)22(19)26-23(30)28-33(31,32)21-9-10-29(27-21)15(3)4;/h5-12,14-15H,1-4H3,(H2,26,28,30);/q;+1/p-1. The molecule has 2 aromatic carbocycles. The van der Waals surface area contributed by atoms with E-state index in [0.29, 0.717) is 22.3 Å². The summed E-state index contributed by atoms with van der Waals surface area (Å²) in [5.41, 5.74) is 2.02. The second-order valence-electron chi connectivity index (χ2n) is 7.99. The largest absolute Gasteiger partial charge is 1.00 e. The van der Waals surface area contributed by atoms with Gasteiger partial charge in [0.25, 0.3) is 0 Å². The monoisotopic (exact) mass is 491 g/mol. The quantitative estimate of drug-likeness (QED) is 0.532. The molecule has 0 saturated carbocycles. The van der Waals surface area contributed by atoms with Gasteiger partial charge in [0, 0.05) is 12.2 Å². The Morgan fingerprint density at radius 1 is 1.15 bits per heavy atom. The molecule has 0 aliphatic heterocycles. The van der Waals surface area contributed by atoms with E-state index in [1.807, 2.05) is 33.8 Å². The number of nitrogens with zero attached hydrogens (tertiary/aromatic N) is 4. The number of nitrogens with one attached hydrogen (secondary N) is 1. The molecule has 0 bridgehead atoms. The molecule has 2 amide bonds. The van der Waals surface area contributed by atoms with Crippen molar-refractivity contribution in [2.45, 2.75) is 44.7 Å². The van der Waals surface area contributed by atoms with Gasteiger partial charge >= 0.3 is 29.6 Å². The summed E-state index contributed by atoms with van der Waals surface area (Å²) in [6.07, 6.45) is 1.49. The van der Waals surface area contributed by atoms with Crippen LogP contribution in [0.4, 0.5) is 14.9 Å². The number of halogens is 1. The second-order valence-corrected chi connectivity index (χ2v) is 9.54. The molecule has 0 aliphatic rings. The molecule has 0 spiro atoms. The molecule has 0 fully saturated rings. The molecule has 0 unspecified atom stereocenters. The van der Waals surface area contributed by atoms with Gasteiger partial charge in [-0.3, -0.25) is 9.48 Å². The van der Waals surface area contributed by atoms with Gasteiger partial charge in [-0.1, -0.05) is 26.0 Å². The van der Waals surface area contributed by atoms with Crippen molar-refractivity contribution in [3.8, 4) is 17.2 Å². The van der Waals surface area contributed by atoms with Crippen LogP contribution in [0.1, 0.15) is 50.8 Å². The van der Waals surface area contributed by atoms with Gasteiger partial charge in [-0.15, -0.1) is 0 Å². The summed E-state index contributed by atoms with van der Waals surface area (Å²) in [5.74, 6) is -0.702. The fourth-order valence-corrected chi connectivity index (χ4v) is 3.99. The Hall–Kier alpha value is -2.71. The van der Waals surface area contributed by atoms with E-state index in [1.54, 1.807) is 24.3 Å². The maximum Gasteiger partial charge on any atom is 1.00 e. The van der Waals surface area contributed by atoms with Crippen molar-refractivity contribution in [1.29, 1.82) is 5.26 Å². The Bertz CT molecular complexity index is 1330. The third kappa shape index (κ3) is 6.24. The molecule has 1 aromatic heterocycles.